The molecule has 4 aromatic rings. The van der Waals surface area contributed by atoms with Gasteiger partial charge in [0.25, 0.3) is 0 Å². The number of fused-ring (bicyclic) bond motifs is 6. The highest BCUT2D eigenvalue weighted by Crippen LogP contribution is 2.62. The van der Waals surface area contributed by atoms with Gasteiger partial charge in [0.15, 0.2) is 11.6 Å². The van der Waals surface area contributed by atoms with E-state index in [1.807, 2.05) is 77.2 Å². The molecule has 0 aliphatic carbocycles. The van der Waals surface area contributed by atoms with Crippen LogP contribution in [0.5, 0.6) is 5.75 Å². The molecular formula is C32H24N2O4S. The number of nitrogens with zero attached hydrogens (tertiary/aromatic N) is 1. The van der Waals surface area contributed by atoms with E-state index in [0.29, 0.717) is 21.9 Å². The van der Waals surface area contributed by atoms with Crippen LogP contribution in [0, 0.1) is 5.92 Å². The maximum atomic E-state index is 14.7. The zero-order chi connectivity index (χ0) is 26.7. The Hall–Kier alpha value is -4.49. The maximum absolute atomic E-state index is 14.7. The molecule has 0 unspecified atom stereocenters. The van der Waals surface area contributed by atoms with Gasteiger partial charge in [0, 0.05) is 17.5 Å². The molecule has 3 aliphatic rings. The van der Waals surface area contributed by atoms with Gasteiger partial charge in [-0.2, -0.15) is 0 Å². The second-order valence-corrected chi connectivity index (χ2v) is 11.0. The molecule has 1 spiro atoms. The van der Waals surface area contributed by atoms with Gasteiger partial charge in [-0.1, -0.05) is 60.7 Å². The molecule has 1 N–H and O–H groups in total. The summed E-state index contributed by atoms with van der Waals surface area (Å²) in [6.45, 7) is 0. The number of amides is 1. The fourth-order valence-electron chi connectivity index (χ4n) is 6.69. The molecule has 3 aromatic carbocycles. The van der Waals surface area contributed by atoms with Crippen LogP contribution in [0.3, 0.4) is 0 Å². The Morgan fingerprint density at radius 2 is 1.77 bits per heavy atom. The molecule has 4 heterocycles. The smallest absolute Gasteiger partial charge is 0.238 e. The molecule has 0 bridgehead atoms. The first-order valence-corrected chi connectivity index (χ1v) is 13.6. The number of hydrogen-bond acceptors (Lipinski definition) is 6. The van der Waals surface area contributed by atoms with Gasteiger partial charge in [0.1, 0.15) is 17.2 Å². The third-order valence-electron chi connectivity index (χ3n) is 8.24. The number of ketones is 2. The van der Waals surface area contributed by atoms with Crippen LogP contribution in [0.25, 0.3) is 6.08 Å². The molecule has 192 valence electrons. The Morgan fingerprint density at radius 3 is 2.59 bits per heavy atom. The van der Waals surface area contributed by atoms with E-state index in [-0.39, 0.29) is 17.5 Å². The highest BCUT2D eigenvalue weighted by Gasteiger charge is 2.70. The predicted molar refractivity (Wildman–Crippen MR) is 150 cm³/mol. The fourth-order valence-corrected chi connectivity index (χ4v) is 7.39. The molecule has 39 heavy (non-hydrogen) atoms. The van der Waals surface area contributed by atoms with Crippen molar-refractivity contribution >= 4 is 40.6 Å². The number of Topliss-reactive ketones (excluding diaryl/α,β-unsaturated/α-hetero) is 2. The zero-order valence-corrected chi connectivity index (χ0v) is 21.9. The standard InChI is InChI=1S/C32H24N2O4S/c1-38-21-10-6-9-20(18-21)28(35)26-27(29(36)25-14-7-17-39-25)34-16-15-19-8-2-3-11-22(19)30(34)32(26)23-12-4-5-13-24(23)33-31(32)37/h2-18,26-27,30H,1H3,(H,33,37)/t26-,27-,30+,32+/m0/s1. The number of carbonyl (C=O) groups excluding carboxylic acids is 3. The predicted octanol–water partition coefficient (Wildman–Crippen LogP) is 5.74. The van der Waals surface area contributed by atoms with E-state index in [4.69, 9.17) is 4.74 Å². The van der Waals surface area contributed by atoms with Gasteiger partial charge in [-0.25, -0.2) is 0 Å². The van der Waals surface area contributed by atoms with Gasteiger partial charge in [-0.05, 0) is 52.4 Å². The van der Waals surface area contributed by atoms with Crippen LogP contribution < -0.4 is 10.1 Å². The molecule has 1 aromatic heterocycles. The van der Waals surface area contributed by atoms with Crippen molar-refractivity contribution in [2.24, 2.45) is 5.92 Å². The van der Waals surface area contributed by atoms with Crippen molar-refractivity contribution in [1.29, 1.82) is 0 Å². The summed E-state index contributed by atoms with van der Waals surface area (Å²) in [4.78, 5) is 46.0. The van der Waals surface area contributed by atoms with E-state index in [1.165, 1.54) is 11.3 Å². The Bertz CT molecular complexity index is 1680. The molecule has 7 heteroatoms. The Balaban J connectivity index is 1.54. The number of methoxy groups -OCH3 is 1. The lowest BCUT2D eigenvalue weighted by Gasteiger charge is -2.38. The summed E-state index contributed by atoms with van der Waals surface area (Å²) in [7, 11) is 1.55. The van der Waals surface area contributed by atoms with Crippen LogP contribution >= 0.6 is 11.3 Å². The lowest BCUT2D eigenvalue weighted by molar-refractivity contribution is -0.122. The van der Waals surface area contributed by atoms with Gasteiger partial charge >= 0.3 is 0 Å². The number of ether oxygens (including phenoxy) is 1. The summed E-state index contributed by atoms with van der Waals surface area (Å²) in [5.74, 6) is -1.17. The number of hydrogen-bond donors (Lipinski definition) is 1. The molecule has 6 nitrogen and oxygen atoms in total. The van der Waals surface area contributed by atoms with Crippen molar-refractivity contribution in [3.63, 3.8) is 0 Å². The van der Waals surface area contributed by atoms with Gasteiger partial charge in [0.05, 0.1) is 23.9 Å². The molecule has 0 saturated carbocycles. The third-order valence-corrected chi connectivity index (χ3v) is 9.12. The minimum Gasteiger partial charge on any atom is -0.497 e. The molecular weight excluding hydrogens is 508 g/mol. The monoisotopic (exact) mass is 532 g/mol. The Labute approximate surface area is 229 Å². The number of thiophene rings is 1. The van der Waals surface area contributed by atoms with E-state index < -0.39 is 23.4 Å². The topological polar surface area (TPSA) is 75.7 Å². The van der Waals surface area contributed by atoms with E-state index in [9.17, 15) is 14.4 Å². The van der Waals surface area contributed by atoms with Crippen molar-refractivity contribution in [3.8, 4) is 5.75 Å². The third kappa shape index (κ3) is 3.23. The molecule has 1 fully saturated rings. The fraction of sp³-hybridized carbons (Fsp3) is 0.156. The van der Waals surface area contributed by atoms with Gasteiger partial charge in [0.2, 0.25) is 5.91 Å². The second kappa shape index (κ2) is 8.78. The average molecular weight is 533 g/mol. The van der Waals surface area contributed by atoms with Crippen molar-refractivity contribution in [2.75, 3.05) is 12.4 Å². The van der Waals surface area contributed by atoms with Crippen LogP contribution in [0.4, 0.5) is 5.69 Å². The number of rotatable bonds is 5. The molecule has 3 aliphatic heterocycles. The highest BCUT2D eigenvalue weighted by atomic mass is 32.1. The number of carbonyl (C=O) groups is 3. The lowest BCUT2D eigenvalue weighted by Crippen LogP contribution is -2.49. The Morgan fingerprint density at radius 1 is 0.949 bits per heavy atom. The first kappa shape index (κ1) is 23.6. The number of benzene rings is 3. The average Bonchev–Trinajstić information content (AvgIpc) is 3.69. The normalized spacial score (nSPS) is 24.2. The van der Waals surface area contributed by atoms with E-state index in [1.54, 1.807) is 37.4 Å². The summed E-state index contributed by atoms with van der Waals surface area (Å²) in [6.07, 6.45) is 3.85. The maximum Gasteiger partial charge on any atom is 0.238 e. The first-order valence-electron chi connectivity index (χ1n) is 12.8. The van der Waals surface area contributed by atoms with E-state index in [0.717, 1.165) is 16.7 Å². The molecule has 0 radical (unpaired) electrons. The van der Waals surface area contributed by atoms with Gasteiger partial charge in [-0.3, -0.25) is 14.4 Å². The van der Waals surface area contributed by atoms with E-state index in [2.05, 4.69) is 5.32 Å². The van der Waals surface area contributed by atoms with Crippen LogP contribution in [0.2, 0.25) is 0 Å². The molecule has 1 amide bonds. The van der Waals surface area contributed by atoms with Crippen LogP contribution in [-0.4, -0.2) is 35.5 Å². The summed E-state index contributed by atoms with van der Waals surface area (Å²) in [6, 6.07) is 24.5. The molecule has 7 rings (SSSR count). The summed E-state index contributed by atoms with van der Waals surface area (Å²) in [5.41, 5.74) is 2.34. The number of nitrogens with one attached hydrogen (secondary N) is 1. The van der Waals surface area contributed by atoms with Crippen LogP contribution in [0.1, 0.15) is 42.8 Å². The number of para-hydroxylation sites is 1. The van der Waals surface area contributed by atoms with Crippen molar-refractivity contribution in [3.05, 3.63) is 124 Å². The van der Waals surface area contributed by atoms with E-state index >= 15 is 0 Å². The minimum absolute atomic E-state index is 0.172. The molecule has 1 saturated heterocycles. The minimum atomic E-state index is -1.34. The van der Waals surface area contributed by atoms with Crippen molar-refractivity contribution in [1.82, 2.24) is 4.90 Å². The zero-order valence-electron chi connectivity index (χ0n) is 21.0. The highest BCUT2D eigenvalue weighted by molar-refractivity contribution is 7.12. The molecule has 4 atom stereocenters. The number of anilines is 1. The summed E-state index contributed by atoms with van der Waals surface area (Å²) in [5, 5.41) is 4.93. The van der Waals surface area contributed by atoms with Gasteiger partial charge < -0.3 is 15.0 Å². The lowest BCUT2D eigenvalue weighted by atomic mass is 9.63. The summed E-state index contributed by atoms with van der Waals surface area (Å²) < 4.78 is 5.42. The largest absolute Gasteiger partial charge is 0.497 e. The quantitative estimate of drug-likeness (QED) is 0.332. The Kier molecular flexibility index (Phi) is 5.32. The SMILES string of the molecule is COc1cccc(C(=O)[C@@H]2[C@@H](C(=O)c3cccs3)N3C=Cc4ccccc4[C@@H]3[C@]23C(=O)Nc2ccccc23)c1. The van der Waals surface area contributed by atoms with Crippen LogP contribution in [-0.2, 0) is 10.2 Å². The van der Waals surface area contributed by atoms with Crippen LogP contribution in [0.15, 0.2) is 96.5 Å². The van der Waals surface area contributed by atoms with Crippen molar-refractivity contribution < 1.29 is 19.1 Å². The van der Waals surface area contributed by atoms with Crippen molar-refractivity contribution in [2.45, 2.75) is 17.5 Å². The second-order valence-electron chi connectivity index (χ2n) is 10.0. The summed E-state index contributed by atoms with van der Waals surface area (Å²) >= 11 is 1.34. The van der Waals surface area contributed by atoms with Gasteiger partial charge in [-0.15, -0.1) is 11.3 Å². The first-order chi connectivity index (χ1) is 19.1.